The van der Waals surface area contributed by atoms with Crippen LogP contribution in [0.4, 0.5) is 0 Å². The van der Waals surface area contributed by atoms with Crippen LogP contribution in [0.1, 0.15) is 21.6 Å². The normalized spacial score (nSPS) is 10.5. The van der Waals surface area contributed by atoms with E-state index in [1.54, 1.807) is 12.1 Å². The van der Waals surface area contributed by atoms with Gasteiger partial charge in [-0.1, -0.05) is 47.5 Å². The zero-order chi connectivity index (χ0) is 19.6. The molecule has 0 saturated carbocycles. The second kappa shape index (κ2) is 8.03. The molecule has 0 saturated heterocycles. The van der Waals surface area contributed by atoms with E-state index in [4.69, 9.17) is 27.9 Å². The number of carbonyl (C=O) groups is 1. The number of rotatable bonds is 5. The molecule has 136 valence electrons. The Labute approximate surface area is 167 Å². The van der Waals surface area contributed by atoms with E-state index in [2.05, 4.69) is 4.98 Å². The van der Waals surface area contributed by atoms with E-state index in [1.807, 2.05) is 50.2 Å². The molecule has 2 aromatic carbocycles. The molecule has 0 bridgehead atoms. The predicted octanol–water partition coefficient (Wildman–Crippen LogP) is 3.89. The van der Waals surface area contributed by atoms with E-state index in [0.717, 1.165) is 22.1 Å². The quantitative estimate of drug-likeness (QED) is 0.661. The molecule has 4 nitrogen and oxygen atoms in total. The van der Waals surface area contributed by atoms with Gasteiger partial charge in [-0.25, -0.2) is 9.78 Å². The number of aromatic carboxylic acids is 1. The van der Waals surface area contributed by atoms with Crippen molar-refractivity contribution in [3.63, 3.8) is 0 Å². The first-order valence-corrected chi connectivity index (χ1v) is 8.99. The molecule has 0 aliphatic rings. The number of carboxylic acid groups (broad SMARTS) is 1. The maximum atomic E-state index is 11.5. The summed E-state index contributed by atoms with van der Waals surface area (Å²) in [5.41, 5.74) is 3.29. The van der Waals surface area contributed by atoms with Gasteiger partial charge in [-0.2, -0.15) is 0 Å². The van der Waals surface area contributed by atoms with Gasteiger partial charge in [-0.15, -0.1) is 0 Å². The molecule has 0 amide bonds. The Kier molecular flexibility index (Phi) is 5.73. The molecule has 0 aliphatic heterocycles. The minimum atomic E-state index is -1.16. The fourth-order valence-corrected chi connectivity index (χ4v) is 3.02. The number of hydrogen-bond acceptors (Lipinski definition) is 3. The van der Waals surface area contributed by atoms with Crippen molar-refractivity contribution in [1.29, 1.82) is 0 Å². The number of nitrogens with zero attached hydrogens (tertiary/aromatic N) is 1. The standard InChI is InChI=1S/C20H16BCl2NO3/c1-12-5-7-14(10-16(12)22)21(15-8-6-13(2)17(23)11-15)27-18-4-3-9-24-19(18)20(25)26/h3-11H,1-2H3,(H,25,26). The van der Waals surface area contributed by atoms with Crippen LogP contribution in [0, 0.1) is 13.8 Å². The first-order chi connectivity index (χ1) is 12.9. The lowest BCUT2D eigenvalue weighted by Crippen LogP contribution is -2.48. The first-order valence-electron chi connectivity index (χ1n) is 8.24. The second-order valence-electron chi connectivity index (χ2n) is 6.17. The lowest BCUT2D eigenvalue weighted by molar-refractivity contribution is 0.0688. The molecule has 1 N–H and O–H groups in total. The monoisotopic (exact) mass is 399 g/mol. The molecule has 1 aromatic heterocycles. The summed E-state index contributed by atoms with van der Waals surface area (Å²) in [7, 11) is 0. The van der Waals surface area contributed by atoms with Crippen molar-refractivity contribution in [2.24, 2.45) is 0 Å². The van der Waals surface area contributed by atoms with Crippen molar-refractivity contribution in [3.05, 3.63) is 81.6 Å². The minimum Gasteiger partial charge on any atom is -0.550 e. The van der Waals surface area contributed by atoms with Gasteiger partial charge in [-0.3, -0.25) is 0 Å². The Hall–Kier alpha value is -2.50. The van der Waals surface area contributed by atoms with Crippen molar-refractivity contribution >= 4 is 47.0 Å². The summed E-state index contributed by atoms with van der Waals surface area (Å²) in [4.78, 5) is 15.4. The van der Waals surface area contributed by atoms with Crippen LogP contribution < -0.4 is 15.6 Å². The van der Waals surface area contributed by atoms with E-state index in [1.165, 1.54) is 6.20 Å². The number of carboxylic acids is 1. The fourth-order valence-electron chi connectivity index (χ4n) is 2.65. The number of benzene rings is 2. The van der Waals surface area contributed by atoms with E-state index >= 15 is 0 Å². The molecular formula is C20H16BCl2NO3. The van der Waals surface area contributed by atoms with Crippen molar-refractivity contribution in [2.75, 3.05) is 0 Å². The van der Waals surface area contributed by atoms with Crippen LogP contribution >= 0.6 is 23.2 Å². The molecule has 0 aliphatic carbocycles. The lowest BCUT2D eigenvalue weighted by atomic mass is 9.55. The van der Waals surface area contributed by atoms with Crippen LogP contribution in [0.2, 0.25) is 10.0 Å². The van der Waals surface area contributed by atoms with E-state index in [0.29, 0.717) is 10.0 Å². The molecule has 1 heterocycles. The zero-order valence-corrected chi connectivity index (χ0v) is 16.3. The van der Waals surface area contributed by atoms with Crippen LogP contribution in [0.5, 0.6) is 5.75 Å². The van der Waals surface area contributed by atoms with Crippen LogP contribution in [0.3, 0.4) is 0 Å². The summed E-state index contributed by atoms with van der Waals surface area (Å²) in [6.07, 6.45) is 1.41. The van der Waals surface area contributed by atoms with Gasteiger partial charge in [0, 0.05) is 16.2 Å². The summed E-state index contributed by atoms with van der Waals surface area (Å²) < 4.78 is 6.11. The SMILES string of the molecule is Cc1ccc(B(Oc2cccnc2C(=O)O)c2ccc(C)c(Cl)c2)cc1Cl. The van der Waals surface area contributed by atoms with Crippen molar-refractivity contribution in [3.8, 4) is 5.75 Å². The highest BCUT2D eigenvalue weighted by Crippen LogP contribution is 2.19. The Morgan fingerprint density at radius 2 is 1.56 bits per heavy atom. The Balaban J connectivity index is 2.11. The summed E-state index contributed by atoms with van der Waals surface area (Å²) >= 11 is 12.6. The molecule has 0 atom stereocenters. The number of aromatic nitrogens is 1. The van der Waals surface area contributed by atoms with Crippen LogP contribution in [0.25, 0.3) is 0 Å². The highest BCUT2D eigenvalue weighted by molar-refractivity contribution is 6.80. The number of pyridine rings is 1. The molecule has 0 fully saturated rings. The molecule has 3 rings (SSSR count). The summed E-state index contributed by atoms with van der Waals surface area (Å²) in [6.45, 7) is 3.23. The first kappa shape index (κ1) is 19.3. The van der Waals surface area contributed by atoms with Gasteiger partial charge in [0.2, 0.25) is 0 Å². The van der Waals surface area contributed by atoms with Crippen molar-refractivity contribution < 1.29 is 14.6 Å². The number of hydrogen-bond donors (Lipinski definition) is 1. The Morgan fingerprint density at radius 1 is 1.00 bits per heavy atom. The fraction of sp³-hybridized carbons (Fsp3) is 0.100. The van der Waals surface area contributed by atoms with Gasteiger partial charge in [-0.05, 0) is 60.2 Å². The summed E-state index contributed by atoms with van der Waals surface area (Å²) in [5, 5.41) is 10.6. The smallest absolute Gasteiger partial charge is 0.426 e. The average Bonchev–Trinajstić information content (AvgIpc) is 2.64. The van der Waals surface area contributed by atoms with Crippen molar-refractivity contribution in [1.82, 2.24) is 4.98 Å². The topological polar surface area (TPSA) is 59.4 Å². The molecule has 27 heavy (non-hydrogen) atoms. The maximum absolute atomic E-state index is 11.5. The molecular weight excluding hydrogens is 384 g/mol. The van der Waals surface area contributed by atoms with E-state index < -0.39 is 12.9 Å². The van der Waals surface area contributed by atoms with Gasteiger partial charge >= 0.3 is 12.9 Å². The van der Waals surface area contributed by atoms with Crippen LogP contribution in [-0.4, -0.2) is 23.0 Å². The second-order valence-corrected chi connectivity index (χ2v) is 6.98. The Bertz CT molecular complexity index is 959. The van der Waals surface area contributed by atoms with E-state index in [-0.39, 0.29) is 11.4 Å². The predicted molar refractivity (Wildman–Crippen MR) is 109 cm³/mol. The molecule has 0 radical (unpaired) electrons. The highest BCUT2D eigenvalue weighted by Gasteiger charge is 2.27. The van der Waals surface area contributed by atoms with Crippen LogP contribution in [0.15, 0.2) is 54.7 Å². The third-order valence-electron chi connectivity index (χ3n) is 4.22. The molecule has 7 heteroatoms. The average molecular weight is 400 g/mol. The van der Waals surface area contributed by atoms with Gasteiger partial charge < -0.3 is 9.76 Å². The van der Waals surface area contributed by atoms with Crippen LogP contribution in [-0.2, 0) is 0 Å². The molecule has 0 spiro atoms. The number of halogens is 2. The van der Waals surface area contributed by atoms with Gasteiger partial charge in [0.15, 0.2) is 5.69 Å². The van der Waals surface area contributed by atoms with Gasteiger partial charge in [0.1, 0.15) is 5.75 Å². The number of aryl methyl sites for hydroxylation is 2. The maximum Gasteiger partial charge on any atom is 0.426 e. The largest absolute Gasteiger partial charge is 0.550 e. The van der Waals surface area contributed by atoms with E-state index in [9.17, 15) is 9.90 Å². The molecule has 3 aromatic rings. The van der Waals surface area contributed by atoms with Crippen molar-refractivity contribution in [2.45, 2.75) is 13.8 Å². The third kappa shape index (κ3) is 4.26. The van der Waals surface area contributed by atoms with Gasteiger partial charge in [0.25, 0.3) is 0 Å². The summed E-state index contributed by atoms with van der Waals surface area (Å²) in [6, 6.07) is 14.4. The lowest BCUT2D eigenvalue weighted by Gasteiger charge is -2.19. The zero-order valence-electron chi connectivity index (χ0n) is 14.7. The van der Waals surface area contributed by atoms with Gasteiger partial charge in [0.05, 0.1) is 0 Å². The Morgan fingerprint density at radius 3 is 2.04 bits per heavy atom. The minimum absolute atomic E-state index is 0.154. The highest BCUT2D eigenvalue weighted by atomic mass is 35.5. The summed E-state index contributed by atoms with van der Waals surface area (Å²) in [5.74, 6) is -0.989. The third-order valence-corrected chi connectivity index (χ3v) is 5.03. The molecule has 0 unspecified atom stereocenters.